The van der Waals surface area contributed by atoms with Crippen molar-refractivity contribution < 1.29 is 4.92 Å². The number of nitro benzene ring substituents is 1. The zero-order valence-corrected chi connectivity index (χ0v) is 10.5. The number of aromatic nitrogens is 2. The van der Waals surface area contributed by atoms with Gasteiger partial charge in [0, 0.05) is 24.4 Å². The Labute approximate surface area is 113 Å². The number of hydrogen-bond donors (Lipinski definition) is 0. The molecule has 1 aliphatic rings. The van der Waals surface area contributed by atoms with E-state index in [1.165, 1.54) is 6.07 Å². The van der Waals surface area contributed by atoms with Gasteiger partial charge in [-0.15, -0.1) is 10.2 Å². The molecule has 0 unspecified atom stereocenters. The summed E-state index contributed by atoms with van der Waals surface area (Å²) >= 11 is 5.71. The van der Waals surface area contributed by atoms with Gasteiger partial charge < -0.3 is 4.90 Å². The Morgan fingerprint density at radius 1 is 1.26 bits per heavy atom. The van der Waals surface area contributed by atoms with Gasteiger partial charge in [0.15, 0.2) is 11.0 Å². The van der Waals surface area contributed by atoms with E-state index in [0.717, 1.165) is 24.2 Å². The lowest BCUT2D eigenvalue weighted by molar-refractivity contribution is -0.384. The van der Waals surface area contributed by atoms with Gasteiger partial charge in [-0.25, -0.2) is 0 Å². The smallest absolute Gasteiger partial charge is 0.269 e. The molecule has 19 heavy (non-hydrogen) atoms. The quantitative estimate of drug-likeness (QED) is 0.623. The number of non-ortho nitro benzene ring substituents is 1. The van der Waals surface area contributed by atoms with Crippen LogP contribution < -0.4 is 4.90 Å². The fraction of sp³-hybridized carbons (Fsp3) is 0.167. The molecule has 7 heteroatoms. The minimum atomic E-state index is -0.384. The molecule has 0 bridgehead atoms. The van der Waals surface area contributed by atoms with Gasteiger partial charge in [-0.05, 0) is 30.2 Å². The van der Waals surface area contributed by atoms with Crippen LogP contribution in [-0.4, -0.2) is 21.7 Å². The van der Waals surface area contributed by atoms with E-state index in [4.69, 9.17) is 11.6 Å². The van der Waals surface area contributed by atoms with Crippen LogP contribution in [0.15, 0.2) is 30.3 Å². The molecule has 3 rings (SSSR count). The third kappa shape index (κ3) is 2.10. The molecule has 6 nitrogen and oxygen atoms in total. The lowest BCUT2D eigenvalue weighted by Crippen LogP contribution is -2.15. The molecule has 0 aliphatic carbocycles. The molecule has 2 aromatic rings. The summed E-state index contributed by atoms with van der Waals surface area (Å²) in [6.07, 6.45) is 0.751. The zero-order chi connectivity index (χ0) is 13.4. The lowest BCUT2D eigenvalue weighted by Gasteiger charge is -2.17. The highest BCUT2D eigenvalue weighted by molar-refractivity contribution is 6.29. The standard InChI is InChI=1S/C12H9ClN4O2/c13-11-3-4-12(15-14-11)16-6-5-8-7-9(17(18)19)1-2-10(8)16/h1-4,7H,5-6H2. The van der Waals surface area contributed by atoms with Crippen molar-refractivity contribution in [1.82, 2.24) is 10.2 Å². The molecule has 0 spiro atoms. The summed E-state index contributed by atoms with van der Waals surface area (Å²) < 4.78 is 0. The van der Waals surface area contributed by atoms with E-state index in [-0.39, 0.29) is 10.6 Å². The molecule has 0 N–H and O–H groups in total. The van der Waals surface area contributed by atoms with Crippen LogP contribution in [0.4, 0.5) is 17.2 Å². The van der Waals surface area contributed by atoms with Crippen LogP contribution in [0, 0.1) is 10.1 Å². The summed E-state index contributed by atoms with van der Waals surface area (Å²) in [6.45, 7) is 0.729. The average molecular weight is 277 g/mol. The van der Waals surface area contributed by atoms with Crippen molar-refractivity contribution in [2.75, 3.05) is 11.4 Å². The number of anilines is 2. The second-order valence-electron chi connectivity index (χ2n) is 4.19. The number of nitro groups is 1. The minimum Gasteiger partial charge on any atom is -0.324 e. The molecular weight excluding hydrogens is 268 g/mol. The first-order valence-electron chi connectivity index (χ1n) is 5.69. The minimum absolute atomic E-state index is 0.114. The maximum atomic E-state index is 10.7. The van der Waals surface area contributed by atoms with Crippen LogP contribution >= 0.6 is 11.6 Å². The van der Waals surface area contributed by atoms with Crippen molar-refractivity contribution in [2.45, 2.75) is 6.42 Å². The fourth-order valence-electron chi connectivity index (χ4n) is 2.19. The summed E-state index contributed by atoms with van der Waals surface area (Å²) in [4.78, 5) is 12.3. The van der Waals surface area contributed by atoms with Crippen molar-refractivity contribution in [1.29, 1.82) is 0 Å². The second kappa shape index (κ2) is 4.47. The summed E-state index contributed by atoms with van der Waals surface area (Å²) in [5.74, 6) is 0.692. The maximum absolute atomic E-state index is 10.7. The van der Waals surface area contributed by atoms with E-state index in [0.29, 0.717) is 11.0 Å². The molecule has 1 aromatic heterocycles. The third-order valence-electron chi connectivity index (χ3n) is 3.06. The molecule has 0 radical (unpaired) electrons. The molecular formula is C12H9ClN4O2. The average Bonchev–Trinajstić information content (AvgIpc) is 2.82. The summed E-state index contributed by atoms with van der Waals surface area (Å²) in [5, 5.41) is 18.9. The zero-order valence-electron chi connectivity index (χ0n) is 9.78. The molecule has 1 aromatic carbocycles. The van der Waals surface area contributed by atoms with Crippen molar-refractivity contribution in [2.24, 2.45) is 0 Å². The van der Waals surface area contributed by atoms with E-state index < -0.39 is 0 Å². The van der Waals surface area contributed by atoms with Gasteiger partial charge in [0.25, 0.3) is 5.69 Å². The first kappa shape index (κ1) is 11.9. The monoisotopic (exact) mass is 276 g/mol. The Balaban J connectivity index is 1.98. The highest BCUT2D eigenvalue weighted by Gasteiger charge is 2.23. The molecule has 0 amide bonds. The van der Waals surface area contributed by atoms with Crippen molar-refractivity contribution in [3.05, 3.63) is 51.2 Å². The Bertz CT molecular complexity index is 645. The van der Waals surface area contributed by atoms with Gasteiger partial charge >= 0.3 is 0 Å². The van der Waals surface area contributed by atoms with Crippen molar-refractivity contribution >= 4 is 28.8 Å². The Morgan fingerprint density at radius 2 is 2.11 bits per heavy atom. The van der Waals surface area contributed by atoms with Gasteiger partial charge in [0.05, 0.1) is 4.92 Å². The summed E-state index contributed by atoms with van der Waals surface area (Å²) in [5.41, 5.74) is 2.00. The number of benzene rings is 1. The third-order valence-corrected chi connectivity index (χ3v) is 3.27. The SMILES string of the molecule is O=[N+]([O-])c1ccc2c(c1)CCN2c1ccc(Cl)nn1. The molecule has 0 saturated carbocycles. The van der Waals surface area contributed by atoms with E-state index in [2.05, 4.69) is 10.2 Å². The summed E-state index contributed by atoms with van der Waals surface area (Å²) in [7, 11) is 0. The molecule has 96 valence electrons. The van der Waals surface area contributed by atoms with Gasteiger partial charge in [-0.1, -0.05) is 11.6 Å². The van der Waals surface area contributed by atoms with Crippen LogP contribution in [0.2, 0.25) is 5.15 Å². The molecule has 2 heterocycles. The predicted octanol–water partition coefficient (Wildman–Crippen LogP) is 2.73. The van der Waals surface area contributed by atoms with Crippen molar-refractivity contribution in [3.8, 4) is 0 Å². The van der Waals surface area contributed by atoms with Gasteiger partial charge in [-0.2, -0.15) is 0 Å². The maximum Gasteiger partial charge on any atom is 0.269 e. The number of halogens is 1. The summed E-state index contributed by atoms with van der Waals surface area (Å²) in [6, 6.07) is 8.31. The molecule has 1 aliphatic heterocycles. The van der Waals surface area contributed by atoms with Crippen LogP contribution in [0.25, 0.3) is 0 Å². The van der Waals surface area contributed by atoms with Gasteiger partial charge in [0.2, 0.25) is 0 Å². The van der Waals surface area contributed by atoms with Crippen LogP contribution in [0.1, 0.15) is 5.56 Å². The largest absolute Gasteiger partial charge is 0.324 e. The van der Waals surface area contributed by atoms with E-state index in [1.807, 2.05) is 4.90 Å². The Hall–Kier alpha value is -2.21. The van der Waals surface area contributed by atoms with Gasteiger partial charge in [0.1, 0.15) is 0 Å². The van der Waals surface area contributed by atoms with Crippen molar-refractivity contribution in [3.63, 3.8) is 0 Å². The Kier molecular flexibility index (Phi) is 2.79. The molecule has 0 atom stereocenters. The lowest BCUT2D eigenvalue weighted by atomic mass is 10.1. The van der Waals surface area contributed by atoms with E-state index in [1.54, 1.807) is 24.3 Å². The van der Waals surface area contributed by atoms with Crippen LogP contribution in [-0.2, 0) is 6.42 Å². The first-order valence-corrected chi connectivity index (χ1v) is 6.07. The fourth-order valence-corrected chi connectivity index (χ4v) is 2.29. The highest BCUT2D eigenvalue weighted by Crippen LogP contribution is 2.35. The molecule has 0 fully saturated rings. The topological polar surface area (TPSA) is 72.2 Å². The first-order chi connectivity index (χ1) is 9.15. The number of hydrogen-bond acceptors (Lipinski definition) is 5. The predicted molar refractivity (Wildman–Crippen MR) is 70.8 cm³/mol. The van der Waals surface area contributed by atoms with E-state index in [9.17, 15) is 10.1 Å². The van der Waals surface area contributed by atoms with Gasteiger partial charge in [-0.3, -0.25) is 10.1 Å². The highest BCUT2D eigenvalue weighted by atomic mass is 35.5. The van der Waals surface area contributed by atoms with Crippen LogP contribution in [0.5, 0.6) is 0 Å². The normalized spacial score (nSPS) is 13.4. The Morgan fingerprint density at radius 3 is 2.79 bits per heavy atom. The number of nitrogens with zero attached hydrogens (tertiary/aromatic N) is 4. The number of fused-ring (bicyclic) bond motifs is 1. The molecule has 0 saturated heterocycles. The number of rotatable bonds is 2. The second-order valence-corrected chi connectivity index (χ2v) is 4.57. The van der Waals surface area contributed by atoms with E-state index >= 15 is 0 Å². The van der Waals surface area contributed by atoms with Crippen LogP contribution in [0.3, 0.4) is 0 Å².